The van der Waals surface area contributed by atoms with Gasteiger partial charge in [0.15, 0.2) is 5.82 Å². The number of ether oxygens (including phenoxy) is 3. The number of rotatable bonds is 7. The van der Waals surface area contributed by atoms with Crippen LogP contribution in [-0.2, 0) is 15.9 Å². The number of pyridine rings is 1. The van der Waals surface area contributed by atoms with Crippen LogP contribution in [0.5, 0.6) is 5.88 Å². The minimum atomic E-state index is -0.534. The third-order valence-corrected chi connectivity index (χ3v) is 5.66. The van der Waals surface area contributed by atoms with Crippen molar-refractivity contribution in [2.75, 3.05) is 33.4 Å². The van der Waals surface area contributed by atoms with Crippen LogP contribution in [0, 0.1) is 11.7 Å². The molecule has 1 fully saturated rings. The minimum Gasteiger partial charge on any atom is -0.475 e. The summed E-state index contributed by atoms with van der Waals surface area (Å²) in [6.45, 7) is 7.63. The molecule has 3 aromatic rings. The molecule has 0 unspecified atom stereocenters. The maximum Gasteiger partial charge on any atom is 0.410 e. The number of aromatic nitrogens is 4. The summed E-state index contributed by atoms with van der Waals surface area (Å²) in [5.41, 5.74) is 1.41. The molecule has 0 N–H and O–H groups in total. The molecule has 35 heavy (non-hydrogen) atoms. The molecule has 0 radical (unpaired) electrons. The summed E-state index contributed by atoms with van der Waals surface area (Å²) < 4.78 is 32.0. The molecule has 9 nitrogen and oxygen atoms in total. The molecule has 0 spiro atoms. The second-order valence-corrected chi connectivity index (χ2v) is 9.72. The number of fused-ring (bicyclic) bond motifs is 1. The Morgan fingerprint density at radius 3 is 2.83 bits per heavy atom. The molecule has 10 heteroatoms. The number of amides is 1. The summed E-state index contributed by atoms with van der Waals surface area (Å²) in [6.07, 6.45) is 5.20. The second kappa shape index (κ2) is 10.6. The first-order valence-electron chi connectivity index (χ1n) is 11.8. The van der Waals surface area contributed by atoms with E-state index in [-0.39, 0.29) is 17.8 Å². The number of carbonyl (C=O) groups excluding carboxylic acids is 1. The zero-order chi connectivity index (χ0) is 25.0. The van der Waals surface area contributed by atoms with E-state index >= 15 is 0 Å². The highest BCUT2D eigenvalue weighted by molar-refractivity contribution is 5.68. The molecule has 1 aliphatic rings. The van der Waals surface area contributed by atoms with Gasteiger partial charge in [-0.2, -0.15) is 4.98 Å². The summed E-state index contributed by atoms with van der Waals surface area (Å²) >= 11 is 0. The molecule has 0 aromatic carbocycles. The highest BCUT2D eigenvalue weighted by Gasteiger charge is 2.28. The van der Waals surface area contributed by atoms with Gasteiger partial charge >= 0.3 is 6.09 Å². The van der Waals surface area contributed by atoms with Crippen molar-refractivity contribution >= 4 is 11.7 Å². The molecular formula is C25H32FN5O4. The van der Waals surface area contributed by atoms with Crippen molar-refractivity contribution in [3.8, 4) is 17.4 Å². The quantitative estimate of drug-likeness (QED) is 0.465. The Kier molecular flexibility index (Phi) is 7.49. The predicted molar refractivity (Wildman–Crippen MR) is 128 cm³/mol. The molecule has 1 saturated heterocycles. The Labute approximate surface area is 204 Å². The van der Waals surface area contributed by atoms with E-state index in [1.807, 2.05) is 26.8 Å². The van der Waals surface area contributed by atoms with Crippen LogP contribution in [0.3, 0.4) is 0 Å². The van der Waals surface area contributed by atoms with Crippen LogP contribution in [-0.4, -0.2) is 69.4 Å². The number of imidazole rings is 1. The number of hydrogen-bond acceptors (Lipinski definition) is 7. The highest BCUT2D eigenvalue weighted by atomic mass is 19.1. The lowest BCUT2D eigenvalue weighted by atomic mass is 9.93. The number of halogens is 1. The fraction of sp³-hybridized carbons (Fsp3) is 0.520. The van der Waals surface area contributed by atoms with Crippen LogP contribution in [0.2, 0.25) is 0 Å². The van der Waals surface area contributed by atoms with E-state index in [4.69, 9.17) is 19.2 Å². The monoisotopic (exact) mass is 485 g/mol. The number of likely N-dealkylation sites (tertiary alicyclic amines) is 1. The van der Waals surface area contributed by atoms with Gasteiger partial charge in [-0.25, -0.2) is 19.2 Å². The van der Waals surface area contributed by atoms with Gasteiger partial charge in [-0.05, 0) is 58.1 Å². The number of piperidine rings is 1. The Balaban J connectivity index is 1.58. The van der Waals surface area contributed by atoms with Gasteiger partial charge in [0.1, 0.15) is 29.4 Å². The third-order valence-electron chi connectivity index (χ3n) is 5.66. The van der Waals surface area contributed by atoms with Crippen LogP contribution in [0.1, 0.15) is 39.3 Å². The normalized spacial score (nSPS) is 16.5. The highest BCUT2D eigenvalue weighted by Crippen LogP contribution is 2.26. The van der Waals surface area contributed by atoms with E-state index in [0.717, 1.165) is 18.5 Å². The van der Waals surface area contributed by atoms with Gasteiger partial charge in [-0.3, -0.25) is 4.40 Å². The topological polar surface area (TPSA) is 91.1 Å². The van der Waals surface area contributed by atoms with E-state index in [1.54, 1.807) is 28.7 Å². The fourth-order valence-electron chi connectivity index (χ4n) is 4.13. The Morgan fingerprint density at radius 1 is 1.23 bits per heavy atom. The average Bonchev–Trinajstić information content (AvgIpc) is 3.21. The first-order chi connectivity index (χ1) is 16.7. The fourth-order valence-corrected chi connectivity index (χ4v) is 4.13. The minimum absolute atomic E-state index is 0.213. The van der Waals surface area contributed by atoms with Crippen LogP contribution in [0.4, 0.5) is 9.18 Å². The SMILES string of the molecule is COCCOc1cc(C[C@@H]2CCCN(C(=O)OC(C)(C)C)C2)nc(-c2cnc3ccc(F)cn23)n1. The third kappa shape index (κ3) is 6.45. The van der Waals surface area contributed by atoms with E-state index in [0.29, 0.717) is 55.8 Å². The zero-order valence-electron chi connectivity index (χ0n) is 20.7. The largest absolute Gasteiger partial charge is 0.475 e. The average molecular weight is 486 g/mol. The van der Waals surface area contributed by atoms with E-state index < -0.39 is 5.60 Å². The van der Waals surface area contributed by atoms with Crippen molar-refractivity contribution in [2.24, 2.45) is 5.92 Å². The summed E-state index contributed by atoms with van der Waals surface area (Å²) in [7, 11) is 1.60. The molecule has 188 valence electrons. The number of hydrogen-bond donors (Lipinski definition) is 0. The molecule has 0 saturated carbocycles. The lowest BCUT2D eigenvalue weighted by Gasteiger charge is -2.34. The van der Waals surface area contributed by atoms with Crippen molar-refractivity contribution in [1.29, 1.82) is 0 Å². The standard InChI is InChI=1S/C25H32FN5O4/c1-25(2,3)35-24(32)30-9-5-6-17(15-30)12-19-13-22(34-11-10-33-4)29-23(28-19)20-14-27-21-8-7-18(26)16-31(20)21/h7-8,13-14,16-17H,5-6,9-12,15H2,1-4H3/t17-/m0/s1. The van der Waals surface area contributed by atoms with Crippen LogP contribution in [0.15, 0.2) is 30.6 Å². The molecule has 4 heterocycles. The number of nitrogens with zero attached hydrogens (tertiary/aromatic N) is 5. The second-order valence-electron chi connectivity index (χ2n) is 9.72. The molecular weight excluding hydrogens is 453 g/mol. The Bertz CT molecular complexity index is 1180. The zero-order valence-corrected chi connectivity index (χ0v) is 20.7. The molecule has 3 aromatic heterocycles. The van der Waals surface area contributed by atoms with Gasteiger partial charge in [0, 0.05) is 38.2 Å². The van der Waals surface area contributed by atoms with Crippen molar-refractivity contribution in [1.82, 2.24) is 24.3 Å². The van der Waals surface area contributed by atoms with E-state index in [9.17, 15) is 9.18 Å². The summed E-state index contributed by atoms with van der Waals surface area (Å²) in [6, 6.07) is 4.78. The van der Waals surface area contributed by atoms with Gasteiger partial charge in [0.05, 0.1) is 12.8 Å². The molecule has 1 aliphatic heterocycles. The molecule has 0 bridgehead atoms. The van der Waals surface area contributed by atoms with Gasteiger partial charge in [0.25, 0.3) is 0 Å². The first kappa shape index (κ1) is 24.8. The van der Waals surface area contributed by atoms with Gasteiger partial charge in [-0.15, -0.1) is 0 Å². The first-order valence-corrected chi connectivity index (χ1v) is 11.8. The smallest absolute Gasteiger partial charge is 0.410 e. The summed E-state index contributed by atoms with van der Waals surface area (Å²) in [4.78, 5) is 28.0. The lowest BCUT2D eigenvalue weighted by molar-refractivity contribution is 0.0165. The Hall–Kier alpha value is -3.27. The molecule has 1 amide bonds. The predicted octanol–water partition coefficient (Wildman–Crippen LogP) is 4.15. The van der Waals surface area contributed by atoms with Gasteiger partial charge in [0.2, 0.25) is 5.88 Å². The maximum atomic E-state index is 13.9. The molecule has 0 aliphatic carbocycles. The van der Waals surface area contributed by atoms with Crippen LogP contribution < -0.4 is 4.74 Å². The van der Waals surface area contributed by atoms with Gasteiger partial charge in [-0.1, -0.05) is 0 Å². The number of carbonyl (C=O) groups is 1. The van der Waals surface area contributed by atoms with Crippen molar-refractivity contribution in [3.63, 3.8) is 0 Å². The van der Waals surface area contributed by atoms with Crippen molar-refractivity contribution in [2.45, 2.75) is 45.6 Å². The van der Waals surface area contributed by atoms with Crippen LogP contribution in [0.25, 0.3) is 17.2 Å². The molecule has 1 atom stereocenters. The Morgan fingerprint density at radius 2 is 2.06 bits per heavy atom. The van der Waals surface area contributed by atoms with Crippen LogP contribution >= 0.6 is 0 Å². The van der Waals surface area contributed by atoms with Gasteiger partial charge < -0.3 is 19.1 Å². The van der Waals surface area contributed by atoms with E-state index in [1.165, 1.54) is 12.3 Å². The number of methoxy groups -OCH3 is 1. The van der Waals surface area contributed by atoms with E-state index in [2.05, 4.69) is 9.97 Å². The summed E-state index contributed by atoms with van der Waals surface area (Å²) in [5, 5.41) is 0. The molecule has 4 rings (SSSR count). The summed E-state index contributed by atoms with van der Waals surface area (Å²) in [5.74, 6) is 0.639. The van der Waals surface area contributed by atoms with Crippen molar-refractivity contribution in [3.05, 3.63) is 42.1 Å². The van der Waals surface area contributed by atoms with Crippen molar-refractivity contribution < 1.29 is 23.4 Å². The maximum absolute atomic E-state index is 13.9. The lowest BCUT2D eigenvalue weighted by Crippen LogP contribution is -2.43.